The van der Waals surface area contributed by atoms with Crippen LogP contribution in [0.5, 0.6) is 0 Å². The molecule has 0 bridgehead atoms. The highest BCUT2D eigenvalue weighted by molar-refractivity contribution is 7.92. The molecule has 1 saturated carbocycles. The number of carbonyl (C=O) groups is 2. The standard InChI is InChI=1S/C23H26N2O4S/c1-15-4-3-5-19(12-15)24-22(26)13-16(2)30(28,29)20-8-9-21-18(14-20)10-11-25(21)23(27)17-6-7-17/h3-5,8-9,12,14,16-17H,6-7,10-11,13H2,1-2H3,(H,24,26). The fourth-order valence-electron chi connectivity index (χ4n) is 3.87. The molecule has 1 unspecified atom stereocenters. The van der Waals surface area contributed by atoms with Crippen molar-refractivity contribution in [2.24, 2.45) is 5.92 Å². The van der Waals surface area contributed by atoms with E-state index in [1.54, 1.807) is 36.1 Å². The number of fused-ring (bicyclic) bond motifs is 1. The van der Waals surface area contributed by atoms with Gasteiger partial charge in [0.2, 0.25) is 11.8 Å². The van der Waals surface area contributed by atoms with E-state index < -0.39 is 15.1 Å². The van der Waals surface area contributed by atoms with Crippen molar-refractivity contribution in [1.29, 1.82) is 0 Å². The van der Waals surface area contributed by atoms with E-state index in [-0.39, 0.29) is 29.0 Å². The van der Waals surface area contributed by atoms with Gasteiger partial charge in [0.05, 0.1) is 10.1 Å². The van der Waals surface area contributed by atoms with Crippen molar-refractivity contribution in [2.75, 3.05) is 16.8 Å². The number of anilines is 2. The molecule has 0 aromatic heterocycles. The molecule has 1 fully saturated rings. The van der Waals surface area contributed by atoms with Crippen LogP contribution in [-0.2, 0) is 25.8 Å². The number of nitrogens with zero attached hydrogens (tertiary/aromatic N) is 1. The molecule has 2 aromatic carbocycles. The first-order valence-corrected chi connectivity index (χ1v) is 11.8. The summed E-state index contributed by atoms with van der Waals surface area (Å²) in [6, 6.07) is 12.3. The first kappa shape index (κ1) is 20.6. The number of sulfone groups is 1. The Bertz CT molecular complexity index is 1110. The van der Waals surface area contributed by atoms with Crippen LogP contribution in [0.25, 0.3) is 0 Å². The fraction of sp³-hybridized carbons (Fsp3) is 0.391. The summed E-state index contributed by atoms with van der Waals surface area (Å²) < 4.78 is 26.1. The Kier molecular flexibility index (Phi) is 5.40. The monoisotopic (exact) mass is 426 g/mol. The second-order valence-corrected chi connectivity index (χ2v) is 10.6. The van der Waals surface area contributed by atoms with Crippen molar-refractivity contribution in [3.63, 3.8) is 0 Å². The molecule has 0 spiro atoms. The van der Waals surface area contributed by atoms with E-state index in [9.17, 15) is 18.0 Å². The third kappa shape index (κ3) is 4.12. The van der Waals surface area contributed by atoms with Gasteiger partial charge in [-0.1, -0.05) is 12.1 Å². The van der Waals surface area contributed by atoms with Gasteiger partial charge < -0.3 is 10.2 Å². The van der Waals surface area contributed by atoms with Gasteiger partial charge in [-0.2, -0.15) is 0 Å². The molecule has 1 heterocycles. The second-order valence-electron chi connectivity index (χ2n) is 8.28. The number of nitrogens with one attached hydrogen (secondary N) is 1. The zero-order chi connectivity index (χ0) is 21.5. The van der Waals surface area contributed by atoms with E-state index in [4.69, 9.17) is 0 Å². The Morgan fingerprint density at radius 1 is 1.17 bits per heavy atom. The van der Waals surface area contributed by atoms with Crippen molar-refractivity contribution in [2.45, 2.75) is 49.7 Å². The third-order valence-electron chi connectivity index (χ3n) is 5.77. The van der Waals surface area contributed by atoms with Crippen molar-refractivity contribution in [3.05, 3.63) is 53.6 Å². The van der Waals surface area contributed by atoms with Gasteiger partial charge in [0.1, 0.15) is 0 Å². The molecule has 4 rings (SSSR count). The normalized spacial score (nSPS) is 16.8. The summed E-state index contributed by atoms with van der Waals surface area (Å²) in [5.74, 6) is -0.0594. The molecule has 0 radical (unpaired) electrons. The van der Waals surface area contributed by atoms with Crippen molar-refractivity contribution < 1.29 is 18.0 Å². The Morgan fingerprint density at radius 2 is 1.93 bits per heavy atom. The van der Waals surface area contributed by atoms with Crippen molar-refractivity contribution >= 4 is 33.0 Å². The number of hydrogen-bond donors (Lipinski definition) is 1. The maximum Gasteiger partial charge on any atom is 0.230 e. The minimum absolute atomic E-state index is 0.125. The van der Waals surface area contributed by atoms with Crippen LogP contribution in [0.15, 0.2) is 47.4 Å². The van der Waals surface area contributed by atoms with Gasteiger partial charge in [-0.15, -0.1) is 0 Å². The molecule has 1 atom stereocenters. The summed E-state index contributed by atoms with van der Waals surface area (Å²) in [5, 5.41) is 1.91. The molecule has 158 valence electrons. The number of rotatable bonds is 6. The maximum absolute atomic E-state index is 13.0. The lowest BCUT2D eigenvalue weighted by molar-refractivity contribution is -0.119. The highest BCUT2D eigenvalue weighted by Gasteiger charge is 2.37. The molecule has 2 aromatic rings. The van der Waals surface area contributed by atoms with E-state index in [0.717, 1.165) is 29.7 Å². The number of aryl methyl sites for hydroxylation is 1. The zero-order valence-corrected chi connectivity index (χ0v) is 18.0. The second kappa shape index (κ2) is 7.87. The van der Waals surface area contributed by atoms with E-state index in [2.05, 4.69) is 5.32 Å². The van der Waals surface area contributed by atoms with E-state index in [1.165, 1.54) is 0 Å². The minimum atomic E-state index is -3.66. The van der Waals surface area contributed by atoms with Crippen LogP contribution in [0.1, 0.15) is 37.3 Å². The predicted octanol–water partition coefficient (Wildman–Crippen LogP) is 3.49. The molecule has 2 amide bonds. The molecule has 6 nitrogen and oxygen atoms in total. The summed E-state index contributed by atoms with van der Waals surface area (Å²) in [5.41, 5.74) is 3.36. The van der Waals surface area contributed by atoms with Gasteiger partial charge in [0, 0.05) is 30.3 Å². The van der Waals surface area contributed by atoms with Gasteiger partial charge in [0.25, 0.3) is 0 Å². The van der Waals surface area contributed by atoms with Crippen molar-refractivity contribution in [1.82, 2.24) is 0 Å². The summed E-state index contributed by atoms with van der Waals surface area (Å²) in [6.07, 6.45) is 2.41. The smallest absolute Gasteiger partial charge is 0.230 e. The predicted molar refractivity (Wildman–Crippen MR) is 116 cm³/mol. The van der Waals surface area contributed by atoms with Gasteiger partial charge in [0.15, 0.2) is 9.84 Å². The summed E-state index contributed by atoms with van der Waals surface area (Å²) >= 11 is 0. The summed E-state index contributed by atoms with van der Waals surface area (Å²) in [4.78, 5) is 26.8. The number of amides is 2. The number of carbonyl (C=O) groups excluding carboxylic acids is 2. The van der Waals surface area contributed by atoms with E-state index >= 15 is 0 Å². The molecule has 1 aliphatic carbocycles. The molecular weight excluding hydrogens is 400 g/mol. The highest BCUT2D eigenvalue weighted by atomic mass is 32.2. The highest BCUT2D eigenvalue weighted by Crippen LogP contribution is 2.37. The van der Waals surface area contributed by atoms with Crippen LogP contribution in [0, 0.1) is 12.8 Å². The SMILES string of the molecule is Cc1cccc(NC(=O)CC(C)S(=O)(=O)c2ccc3c(c2)CCN3C(=O)C2CC2)c1. The molecular formula is C23H26N2O4S. The van der Waals surface area contributed by atoms with E-state index in [0.29, 0.717) is 18.7 Å². The summed E-state index contributed by atoms with van der Waals surface area (Å²) in [7, 11) is -3.66. The van der Waals surface area contributed by atoms with Crippen LogP contribution < -0.4 is 10.2 Å². The van der Waals surface area contributed by atoms with E-state index in [1.807, 2.05) is 25.1 Å². The maximum atomic E-state index is 13.0. The molecule has 7 heteroatoms. The number of hydrogen-bond acceptors (Lipinski definition) is 4. The fourth-order valence-corrected chi connectivity index (χ4v) is 5.27. The Labute approximate surface area is 177 Å². The lowest BCUT2D eigenvalue weighted by Gasteiger charge is -2.18. The van der Waals surface area contributed by atoms with Gasteiger partial charge in [-0.05, 0) is 74.6 Å². The van der Waals surface area contributed by atoms with Gasteiger partial charge in [-0.3, -0.25) is 9.59 Å². The first-order chi connectivity index (χ1) is 14.3. The Morgan fingerprint density at radius 3 is 2.63 bits per heavy atom. The Hall–Kier alpha value is -2.67. The zero-order valence-electron chi connectivity index (χ0n) is 17.2. The first-order valence-electron chi connectivity index (χ1n) is 10.3. The quantitative estimate of drug-likeness (QED) is 0.766. The molecule has 2 aliphatic rings. The average Bonchev–Trinajstić information content (AvgIpc) is 3.46. The average molecular weight is 427 g/mol. The van der Waals surface area contributed by atoms with Gasteiger partial charge >= 0.3 is 0 Å². The topological polar surface area (TPSA) is 83.6 Å². The van der Waals surface area contributed by atoms with Crippen LogP contribution in [0.2, 0.25) is 0 Å². The van der Waals surface area contributed by atoms with Crippen molar-refractivity contribution in [3.8, 4) is 0 Å². The van der Waals surface area contributed by atoms with Gasteiger partial charge in [-0.25, -0.2) is 8.42 Å². The molecule has 1 aliphatic heterocycles. The minimum Gasteiger partial charge on any atom is -0.326 e. The molecule has 30 heavy (non-hydrogen) atoms. The molecule has 1 N–H and O–H groups in total. The number of benzene rings is 2. The lowest BCUT2D eigenvalue weighted by Crippen LogP contribution is -2.30. The third-order valence-corrected chi connectivity index (χ3v) is 7.91. The van der Waals surface area contributed by atoms with Crippen LogP contribution in [-0.4, -0.2) is 32.0 Å². The summed E-state index contributed by atoms with van der Waals surface area (Å²) in [6.45, 7) is 4.08. The van der Waals surface area contributed by atoms with Crippen LogP contribution >= 0.6 is 0 Å². The van der Waals surface area contributed by atoms with Crippen LogP contribution in [0.4, 0.5) is 11.4 Å². The lowest BCUT2D eigenvalue weighted by atomic mass is 10.2. The largest absolute Gasteiger partial charge is 0.326 e. The van der Waals surface area contributed by atoms with Crippen LogP contribution in [0.3, 0.4) is 0 Å². The Balaban J connectivity index is 1.46. The molecule has 0 saturated heterocycles.